The first-order chi connectivity index (χ1) is 11.1. The van der Waals surface area contributed by atoms with Crippen molar-refractivity contribution in [2.24, 2.45) is 7.05 Å². The smallest absolute Gasteiger partial charge is 0.231 e. The molecule has 0 radical (unpaired) electrons. The summed E-state index contributed by atoms with van der Waals surface area (Å²) in [7, 11) is 1.93. The summed E-state index contributed by atoms with van der Waals surface area (Å²) >= 11 is 0. The second-order valence-electron chi connectivity index (χ2n) is 5.58. The van der Waals surface area contributed by atoms with Crippen LogP contribution in [-0.4, -0.2) is 30.1 Å². The Bertz CT molecular complexity index is 993. The summed E-state index contributed by atoms with van der Waals surface area (Å²) in [6.45, 7) is 4.02. The van der Waals surface area contributed by atoms with Crippen molar-refractivity contribution in [1.82, 2.24) is 30.1 Å². The molecule has 0 spiro atoms. The van der Waals surface area contributed by atoms with Gasteiger partial charge in [-0.3, -0.25) is 9.78 Å². The quantitative estimate of drug-likeness (QED) is 0.628. The number of H-pyrrole nitrogens is 1. The van der Waals surface area contributed by atoms with Crippen LogP contribution in [0.5, 0.6) is 0 Å². The molecule has 4 aromatic rings. The maximum Gasteiger partial charge on any atom is 0.231 e. The maximum atomic E-state index is 5.41. The summed E-state index contributed by atoms with van der Waals surface area (Å²) in [6.07, 6.45) is 0.570. The molecule has 1 aromatic carbocycles. The van der Waals surface area contributed by atoms with E-state index >= 15 is 0 Å². The van der Waals surface area contributed by atoms with Crippen molar-refractivity contribution in [3.8, 4) is 11.5 Å². The first-order valence-corrected chi connectivity index (χ1v) is 7.38. The van der Waals surface area contributed by atoms with Gasteiger partial charge in [0.15, 0.2) is 0 Å². The molecule has 0 saturated heterocycles. The Labute approximate surface area is 132 Å². The van der Waals surface area contributed by atoms with Crippen LogP contribution < -0.4 is 0 Å². The second-order valence-corrected chi connectivity index (χ2v) is 5.58. The van der Waals surface area contributed by atoms with Gasteiger partial charge in [-0.15, -0.1) is 0 Å². The van der Waals surface area contributed by atoms with Gasteiger partial charge < -0.3 is 4.52 Å². The van der Waals surface area contributed by atoms with E-state index < -0.39 is 0 Å². The average molecular weight is 308 g/mol. The Hall–Kier alpha value is -2.96. The van der Waals surface area contributed by atoms with E-state index in [-0.39, 0.29) is 0 Å². The number of para-hydroxylation sites is 1. The van der Waals surface area contributed by atoms with Crippen LogP contribution in [0.1, 0.15) is 22.8 Å². The van der Waals surface area contributed by atoms with E-state index in [1.54, 1.807) is 0 Å². The largest absolute Gasteiger partial charge is 0.339 e. The van der Waals surface area contributed by atoms with E-state index in [1.165, 1.54) is 0 Å². The standard InChI is InChI=1S/C16H16N6O/c1-9-12(10(2)22(3)20-9)8-14-17-16(21-23-14)15-11-6-4-5-7-13(11)18-19-15/h4-7H,8H2,1-3H3,(H,18,19). The number of hydrogen-bond acceptors (Lipinski definition) is 5. The van der Waals surface area contributed by atoms with Gasteiger partial charge in [0.05, 0.1) is 17.6 Å². The van der Waals surface area contributed by atoms with Crippen molar-refractivity contribution >= 4 is 10.9 Å². The zero-order valence-electron chi connectivity index (χ0n) is 13.2. The van der Waals surface area contributed by atoms with Crippen molar-refractivity contribution in [3.63, 3.8) is 0 Å². The van der Waals surface area contributed by atoms with E-state index in [0.717, 1.165) is 27.9 Å². The summed E-state index contributed by atoms with van der Waals surface area (Å²) in [5.74, 6) is 1.06. The monoisotopic (exact) mass is 308 g/mol. The van der Waals surface area contributed by atoms with Crippen LogP contribution in [0.15, 0.2) is 28.8 Å². The molecule has 1 N–H and O–H groups in total. The van der Waals surface area contributed by atoms with Gasteiger partial charge in [-0.05, 0) is 19.9 Å². The minimum atomic E-state index is 0.497. The van der Waals surface area contributed by atoms with Gasteiger partial charge in [0.25, 0.3) is 0 Å². The molecule has 0 saturated carbocycles. The summed E-state index contributed by atoms with van der Waals surface area (Å²) < 4.78 is 7.27. The highest BCUT2D eigenvalue weighted by Gasteiger charge is 2.17. The lowest BCUT2D eigenvalue weighted by Gasteiger charge is -1.97. The SMILES string of the molecule is Cc1nn(C)c(C)c1Cc1nc(-c2n[nH]c3ccccc23)no1. The number of hydrogen-bond donors (Lipinski definition) is 1. The Balaban J connectivity index is 1.69. The first-order valence-electron chi connectivity index (χ1n) is 7.38. The minimum Gasteiger partial charge on any atom is -0.339 e. The molecule has 3 aromatic heterocycles. The van der Waals surface area contributed by atoms with E-state index in [2.05, 4.69) is 25.4 Å². The lowest BCUT2D eigenvalue weighted by molar-refractivity contribution is 0.385. The first kappa shape index (κ1) is 13.7. The Morgan fingerprint density at radius 2 is 2.04 bits per heavy atom. The van der Waals surface area contributed by atoms with Crippen molar-refractivity contribution < 1.29 is 4.52 Å². The number of aromatic amines is 1. The highest BCUT2D eigenvalue weighted by Crippen LogP contribution is 2.24. The third-order valence-corrected chi connectivity index (χ3v) is 4.14. The normalized spacial score (nSPS) is 11.4. The Morgan fingerprint density at radius 3 is 2.83 bits per heavy atom. The molecule has 116 valence electrons. The summed E-state index contributed by atoms with van der Waals surface area (Å²) in [5, 5.41) is 16.8. The third kappa shape index (κ3) is 2.21. The van der Waals surface area contributed by atoms with Crippen molar-refractivity contribution in [3.05, 3.63) is 47.1 Å². The number of fused-ring (bicyclic) bond motifs is 1. The molecule has 0 aliphatic heterocycles. The molecule has 7 heteroatoms. The molecule has 0 atom stereocenters. The molecule has 4 rings (SSSR count). The third-order valence-electron chi connectivity index (χ3n) is 4.14. The molecule has 0 fully saturated rings. The van der Waals surface area contributed by atoms with Gasteiger partial charge in [0.1, 0.15) is 5.69 Å². The number of rotatable bonds is 3. The molecular formula is C16H16N6O. The van der Waals surface area contributed by atoms with E-state index in [4.69, 9.17) is 4.52 Å². The van der Waals surface area contributed by atoms with E-state index in [1.807, 2.05) is 49.8 Å². The van der Waals surface area contributed by atoms with Gasteiger partial charge in [0, 0.05) is 23.7 Å². The van der Waals surface area contributed by atoms with Gasteiger partial charge in [-0.2, -0.15) is 15.2 Å². The predicted molar refractivity (Wildman–Crippen MR) is 84.9 cm³/mol. The molecule has 0 bridgehead atoms. The topological polar surface area (TPSA) is 85.4 Å². The fourth-order valence-electron chi connectivity index (χ4n) is 2.78. The van der Waals surface area contributed by atoms with Gasteiger partial charge >= 0.3 is 0 Å². The molecule has 0 aliphatic carbocycles. The molecule has 23 heavy (non-hydrogen) atoms. The molecule has 3 heterocycles. The number of nitrogens with one attached hydrogen (secondary N) is 1. The van der Waals surface area contributed by atoms with Gasteiger partial charge in [-0.1, -0.05) is 23.4 Å². The van der Waals surface area contributed by atoms with Crippen LogP contribution in [0.3, 0.4) is 0 Å². The lowest BCUT2D eigenvalue weighted by atomic mass is 10.1. The van der Waals surface area contributed by atoms with Crippen LogP contribution >= 0.6 is 0 Å². The fraction of sp³-hybridized carbons (Fsp3) is 0.250. The summed E-state index contributed by atoms with van der Waals surface area (Å²) in [6, 6.07) is 7.87. The van der Waals surface area contributed by atoms with E-state index in [0.29, 0.717) is 23.8 Å². The highest BCUT2D eigenvalue weighted by molar-refractivity contribution is 5.90. The van der Waals surface area contributed by atoms with Crippen LogP contribution in [0, 0.1) is 13.8 Å². The fourth-order valence-corrected chi connectivity index (χ4v) is 2.78. The van der Waals surface area contributed by atoms with Crippen molar-refractivity contribution in [1.29, 1.82) is 0 Å². The predicted octanol–water partition coefficient (Wildman–Crippen LogP) is 2.55. The zero-order chi connectivity index (χ0) is 16.0. The number of benzene rings is 1. The van der Waals surface area contributed by atoms with Crippen LogP contribution in [0.2, 0.25) is 0 Å². The molecule has 0 unspecified atom stereocenters. The van der Waals surface area contributed by atoms with Gasteiger partial charge in [-0.25, -0.2) is 0 Å². The molecule has 7 nitrogen and oxygen atoms in total. The second kappa shape index (κ2) is 5.05. The van der Waals surface area contributed by atoms with Crippen molar-refractivity contribution in [2.75, 3.05) is 0 Å². The van der Waals surface area contributed by atoms with Crippen LogP contribution in [0.25, 0.3) is 22.4 Å². The van der Waals surface area contributed by atoms with Gasteiger partial charge in [0.2, 0.25) is 11.7 Å². The molecular weight excluding hydrogens is 292 g/mol. The number of nitrogens with zero attached hydrogens (tertiary/aromatic N) is 5. The number of aryl methyl sites for hydroxylation is 2. The number of aromatic nitrogens is 6. The Morgan fingerprint density at radius 1 is 1.22 bits per heavy atom. The van der Waals surface area contributed by atoms with Crippen LogP contribution in [0.4, 0.5) is 0 Å². The summed E-state index contributed by atoms with van der Waals surface area (Å²) in [4.78, 5) is 4.49. The Kier molecular flexibility index (Phi) is 3.00. The summed E-state index contributed by atoms with van der Waals surface area (Å²) in [5.41, 5.74) is 4.86. The maximum absolute atomic E-state index is 5.41. The van der Waals surface area contributed by atoms with E-state index in [9.17, 15) is 0 Å². The van der Waals surface area contributed by atoms with Crippen LogP contribution in [-0.2, 0) is 13.5 Å². The lowest BCUT2D eigenvalue weighted by Crippen LogP contribution is -1.95. The zero-order valence-corrected chi connectivity index (χ0v) is 13.2. The average Bonchev–Trinajstić information content (AvgIpc) is 3.22. The van der Waals surface area contributed by atoms with Crippen molar-refractivity contribution in [2.45, 2.75) is 20.3 Å². The highest BCUT2D eigenvalue weighted by atomic mass is 16.5. The molecule has 0 amide bonds. The minimum absolute atomic E-state index is 0.497. The molecule has 0 aliphatic rings.